The number of benzene rings is 2. The summed E-state index contributed by atoms with van der Waals surface area (Å²) in [5.41, 5.74) is 1.43. The molecular formula is C16H15ClF2O. The van der Waals surface area contributed by atoms with Gasteiger partial charge in [-0.25, -0.2) is 8.78 Å². The minimum atomic E-state index is -0.597. The molecule has 2 aromatic carbocycles. The summed E-state index contributed by atoms with van der Waals surface area (Å²) in [4.78, 5) is 0. The van der Waals surface area contributed by atoms with Crippen molar-refractivity contribution in [2.45, 2.75) is 18.2 Å². The Hall–Kier alpha value is -1.61. The van der Waals surface area contributed by atoms with E-state index in [1.807, 2.05) is 24.3 Å². The maximum absolute atomic E-state index is 13.6. The highest BCUT2D eigenvalue weighted by Crippen LogP contribution is 2.28. The summed E-state index contributed by atoms with van der Waals surface area (Å²) in [5, 5.41) is -0.474. The first-order valence-electron chi connectivity index (χ1n) is 6.32. The van der Waals surface area contributed by atoms with Gasteiger partial charge in [-0.2, -0.15) is 0 Å². The van der Waals surface area contributed by atoms with Gasteiger partial charge in [0.15, 0.2) is 0 Å². The Bertz CT molecular complexity index is 569. The summed E-state index contributed by atoms with van der Waals surface area (Å²) in [6, 6.07) is 11.1. The Labute approximate surface area is 122 Å². The number of alkyl halides is 1. The molecule has 0 aliphatic heterocycles. The van der Waals surface area contributed by atoms with Gasteiger partial charge in [0.25, 0.3) is 0 Å². The Morgan fingerprint density at radius 3 is 2.40 bits per heavy atom. The summed E-state index contributed by atoms with van der Waals surface area (Å²) in [6.45, 7) is 0. The lowest BCUT2D eigenvalue weighted by Gasteiger charge is -2.11. The molecule has 0 aliphatic carbocycles. The molecule has 106 valence electrons. The van der Waals surface area contributed by atoms with Gasteiger partial charge in [-0.05, 0) is 36.6 Å². The zero-order chi connectivity index (χ0) is 14.5. The molecule has 20 heavy (non-hydrogen) atoms. The van der Waals surface area contributed by atoms with Crippen LogP contribution >= 0.6 is 11.6 Å². The van der Waals surface area contributed by atoms with E-state index in [-0.39, 0.29) is 0 Å². The molecular weight excluding hydrogens is 282 g/mol. The molecule has 0 fully saturated rings. The second-order valence-corrected chi connectivity index (χ2v) is 5.05. The van der Waals surface area contributed by atoms with E-state index in [4.69, 9.17) is 16.3 Å². The van der Waals surface area contributed by atoms with Gasteiger partial charge in [0, 0.05) is 11.6 Å². The molecule has 2 rings (SSSR count). The lowest BCUT2D eigenvalue weighted by molar-refractivity contribution is 0.414. The van der Waals surface area contributed by atoms with Crippen LogP contribution in [0.15, 0.2) is 42.5 Å². The summed E-state index contributed by atoms with van der Waals surface area (Å²) in [7, 11) is 1.61. The Morgan fingerprint density at radius 1 is 1.10 bits per heavy atom. The van der Waals surface area contributed by atoms with E-state index in [9.17, 15) is 8.78 Å². The third-order valence-corrected chi connectivity index (χ3v) is 3.60. The summed E-state index contributed by atoms with van der Waals surface area (Å²) in [6.07, 6.45) is 1.30. The van der Waals surface area contributed by atoms with E-state index >= 15 is 0 Å². The minimum absolute atomic E-state index is 0.335. The smallest absolute Gasteiger partial charge is 0.130 e. The van der Waals surface area contributed by atoms with Crippen molar-refractivity contribution in [1.82, 2.24) is 0 Å². The first kappa shape index (κ1) is 14.8. The third-order valence-electron chi connectivity index (χ3n) is 3.15. The average Bonchev–Trinajstić information content (AvgIpc) is 2.45. The lowest BCUT2D eigenvalue weighted by Crippen LogP contribution is -1.98. The monoisotopic (exact) mass is 296 g/mol. The van der Waals surface area contributed by atoms with E-state index < -0.39 is 17.0 Å². The van der Waals surface area contributed by atoms with Crippen LogP contribution in [0.5, 0.6) is 5.75 Å². The second-order valence-electron chi connectivity index (χ2n) is 4.52. The molecule has 0 aromatic heterocycles. The number of hydrogen-bond donors (Lipinski definition) is 0. The maximum Gasteiger partial charge on any atom is 0.130 e. The molecule has 0 N–H and O–H groups in total. The van der Waals surface area contributed by atoms with Crippen LogP contribution in [0, 0.1) is 11.6 Å². The lowest BCUT2D eigenvalue weighted by atomic mass is 10.0. The fraction of sp³-hybridized carbons (Fsp3) is 0.250. The summed E-state index contributed by atoms with van der Waals surface area (Å²) >= 11 is 6.19. The third kappa shape index (κ3) is 3.70. The number of hydrogen-bond acceptors (Lipinski definition) is 1. The van der Waals surface area contributed by atoms with Gasteiger partial charge in [-0.1, -0.05) is 18.2 Å². The van der Waals surface area contributed by atoms with Crippen molar-refractivity contribution in [3.63, 3.8) is 0 Å². The van der Waals surface area contributed by atoms with Gasteiger partial charge in [-0.15, -0.1) is 11.6 Å². The average molecular weight is 297 g/mol. The number of methoxy groups -OCH3 is 1. The largest absolute Gasteiger partial charge is 0.497 e. The van der Waals surface area contributed by atoms with Crippen molar-refractivity contribution >= 4 is 11.6 Å². The number of aryl methyl sites for hydroxylation is 1. The molecule has 0 radical (unpaired) electrons. The molecule has 1 nitrogen and oxygen atoms in total. The van der Waals surface area contributed by atoms with Gasteiger partial charge in [0.1, 0.15) is 17.4 Å². The first-order valence-corrected chi connectivity index (χ1v) is 6.75. The molecule has 0 bridgehead atoms. The second kappa shape index (κ2) is 6.71. The van der Waals surface area contributed by atoms with Gasteiger partial charge < -0.3 is 4.74 Å². The molecule has 0 heterocycles. The fourth-order valence-corrected chi connectivity index (χ4v) is 2.28. The SMILES string of the molecule is COc1ccc(CCC(Cl)c2ccc(F)cc2F)cc1. The topological polar surface area (TPSA) is 9.23 Å². The van der Waals surface area contributed by atoms with Crippen LogP contribution in [0.4, 0.5) is 8.78 Å². The summed E-state index contributed by atoms with van der Waals surface area (Å²) < 4.78 is 31.5. The van der Waals surface area contributed by atoms with Crippen LogP contribution < -0.4 is 4.74 Å². The molecule has 4 heteroatoms. The van der Waals surface area contributed by atoms with Crippen LogP contribution in [0.1, 0.15) is 22.9 Å². The molecule has 0 saturated heterocycles. The van der Waals surface area contributed by atoms with E-state index in [2.05, 4.69) is 0 Å². The normalized spacial score (nSPS) is 12.2. The molecule has 0 aliphatic rings. The van der Waals surface area contributed by atoms with Crippen molar-refractivity contribution in [3.05, 3.63) is 65.2 Å². The standard InChI is InChI=1S/C16H15ClF2O/c1-20-13-6-2-11(3-7-13)4-9-15(17)14-8-5-12(18)10-16(14)19/h2-3,5-8,10,15H,4,9H2,1H3. The molecule has 0 saturated carbocycles. The first-order chi connectivity index (χ1) is 9.60. The predicted octanol–water partition coefficient (Wildman–Crippen LogP) is 4.89. The van der Waals surface area contributed by atoms with Crippen LogP contribution in [-0.4, -0.2) is 7.11 Å². The van der Waals surface area contributed by atoms with Gasteiger partial charge in [0.2, 0.25) is 0 Å². The number of ether oxygens (including phenoxy) is 1. The minimum Gasteiger partial charge on any atom is -0.497 e. The highest BCUT2D eigenvalue weighted by Gasteiger charge is 2.13. The van der Waals surface area contributed by atoms with E-state index in [0.717, 1.165) is 23.8 Å². The fourth-order valence-electron chi connectivity index (χ4n) is 2.00. The van der Waals surface area contributed by atoms with E-state index in [1.54, 1.807) is 7.11 Å². The van der Waals surface area contributed by atoms with Crippen LogP contribution in [0.25, 0.3) is 0 Å². The van der Waals surface area contributed by atoms with Crippen LogP contribution in [-0.2, 0) is 6.42 Å². The van der Waals surface area contributed by atoms with Gasteiger partial charge >= 0.3 is 0 Å². The number of halogens is 3. The maximum atomic E-state index is 13.6. The zero-order valence-corrected chi connectivity index (χ0v) is 11.8. The summed E-state index contributed by atoms with van der Waals surface area (Å²) in [5.74, 6) is -0.397. The van der Waals surface area contributed by atoms with E-state index in [0.29, 0.717) is 12.0 Å². The van der Waals surface area contributed by atoms with Crippen molar-refractivity contribution < 1.29 is 13.5 Å². The molecule has 0 amide bonds. The van der Waals surface area contributed by atoms with Crippen molar-refractivity contribution in [2.75, 3.05) is 7.11 Å². The molecule has 0 spiro atoms. The zero-order valence-electron chi connectivity index (χ0n) is 11.1. The highest BCUT2D eigenvalue weighted by molar-refractivity contribution is 6.20. The molecule has 2 aromatic rings. The molecule has 1 atom stereocenters. The van der Waals surface area contributed by atoms with Crippen molar-refractivity contribution in [1.29, 1.82) is 0 Å². The van der Waals surface area contributed by atoms with Crippen LogP contribution in [0.2, 0.25) is 0 Å². The Balaban J connectivity index is 1.98. The van der Waals surface area contributed by atoms with Gasteiger partial charge in [0.05, 0.1) is 12.5 Å². The van der Waals surface area contributed by atoms with E-state index in [1.165, 1.54) is 12.1 Å². The predicted molar refractivity (Wildman–Crippen MR) is 76.3 cm³/mol. The highest BCUT2D eigenvalue weighted by atomic mass is 35.5. The quantitative estimate of drug-likeness (QED) is 0.714. The number of rotatable bonds is 5. The van der Waals surface area contributed by atoms with Crippen molar-refractivity contribution in [3.8, 4) is 5.75 Å². The Morgan fingerprint density at radius 2 is 1.80 bits per heavy atom. The van der Waals surface area contributed by atoms with Crippen LogP contribution in [0.3, 0.4) is 0 Å². The molecule has 1 unspecified atom stereocenters. The van der Waals surface area contributed by atoms with Crippen molar-refractivity contribution in [2.24, 2.45) is 0 Å². The van der Waals surface area contributed by atoms with Gasteiger partial charge in [-0.3, -0.25) is 0 Å². The Kier molecular flexibility index (Phi) is 4.96.